The SMILES string of the molecule is C=CCOC12Oc3ccc(OC(=O)NCC)cc3C3C(CCCCO)C(CCCCO)C=C(C(=NOC(C)(C)C)CC1N(Cc1ccc(F)cc1)C(=O)CCC1CCCC1)C32. The minimum atomic E-state index is -1.45. The first-order valence-electron chi connectivity index (χ1n) is 22.7. The van der Waals surface area contributed by atoms with Crippen LogP contribution in [0.15, 0.2) is 71.9 Å². The molecule has 0 bridgehead atoms. The molecular weight excluding hydrogens is 778 g/mol. The minimum absolute atomic E-state index is 0.000202. The Labute approximate surface area is 361 Å². The number of amides is 2. The summed E-state index contributed by atoms with van der Waals surface area (Å²) in [4.78, 5) is 36.0. The lowest BCUT2D eigenvalue weighted by Crippen LogP contribution is -2.70. The Morgan fingerprint density at radius 1 is 1.03 bits per heavy atom. The number of oxime groups is 1. The van der Waals surface area contributed by atoms with Crippen LogP contribution in [0.2, 0.25) is 0 Å². The molecule has 61 heavy (non-hydrogen) atoms. The van der Waals surface area contributed by atoms with Crippen molar-refractivity contribution in [2.45, 2.75) is 141 Å². The molecule has 2 amide bonds. The molecule has 3 aliphatic carbocycles. The predicted octanol–water partition coefficient (Wildman–Crippen LogP) is 9.37. The lowest BCUT2D eigenvalue weighted by molar-refractivity contribution is -0.258. The smallest absolute Gasteiger partial charge is 0.412 e. The topological polar surface area (TPSA) is 139 Å². The molecule has 2 aromatic rings. The van der Waals surface area contributed by atoms with Crippen molar-refractivity contribution < 1.29 is 43.2 Å². The van der Waals surface area contributed by atoms with Crippen molar-refractivity contribution in [3.63, 3.8) is 0 Å². The highest BCUT2D eigenvalue weighted by Crippen LogP contribution is 2.62. The first kappa shape index (κ1) is 46.2. The van der Waals surface area contributed by atoms with Crippen molar-refractivity contribution in [2.75, 3.05) is 26.4 Å². The van der Waals surface area contributed by atoms with Crippen LogP contribution >= 0.6 is 0 Å². The second-order valence-corrected chi connectivity index (χ2v) is 18.2. The predicted molar refractivity (Wildman–Crippen MR) is 234 cm³/mol. The van der Waals surface area contributed by atoms with Gasteiger partial charge < -0.3 is 39.5 Å². The molecule has 11 nitrogen and oxygen atoms in total. The van der Waals surface area contributed by atoms with E-state index < -0.39 is 29.4 Å². The third-order valence-electron chi connectivity index (χ3n) is 12.8. The Hall–Kier alpha value is -4.26. The van der Waals surface area contributed by atoms with Gasteiger partial charge in [-0.05, 0) is 119 Å². The molecule has 6 atom stereocenters. The van der Waals surface area contributed by atoms with Crippen molar-refractivity contribution in [3.8, 4) is 11.5 Å². The molecule has 0 spiro atoms. The van der Waals surface area contributed by atoms with E-state index in [0.717, 1.165) is 61.6 Å². The molecule has 334 valence electrons. The fourth-order valence-electron chi connectivity index (χ4n) is 10.1. The summed E-state index contributed by atoms with van der Waals surface area (Å²) in [6.07, 6.45) is 13.8. The van der Waals surface area contributed by atoms with Crippen LogP contribution in [0.1, 0.15) is 128 Å². The lowest BCUT2D eigenvalue weighted by Gasteiger charge is -2.60. The van der Waals surface area contributed by atoms with Gasteiger partial charge in [-0.15, -0.1) is 6.58 Å². The summed E-state index contributed by atoms with van der Waals surface area (Å²) < 4.78 is 34.6. The van der Waals surface area contributed by atoms with E-state index in [1.807, 2.05) is 44.7 Å². The van der Waals surface area contributed by atoms with Gasteiger partial charge in [0.15, 0.2) is 0 Å². The molecular formula is C49H68FN3O8. The van der Waals surface area contributed by atoms with Gasteiger partial charge in [0.2, 0.25) is 11.7 Å². The van der Waals surface area contributed by atoms with E-state index in [1.54, 1.807) is 24.3 Å². The highest BCUT2D eigenvalue weighted by atomic mass is 19.1. The molecule has 4 aliphatic rings. The number of nitrogens with zero attached hydrogens (tertiary/aromatic N) is 2. The van der Waals surface area contributed by atoms with Crippen molar-refractivity contribution in [3.05, 3.63) is 83.7 Å². The Balaban J connectivity index is 1.59. The number of allylic oxidation sites excluding steroid dienone is 1. The maximum Gasteiger partial charge on any atom is 0.412 e. The van der Waals surface area contributed by atoms with Crippen molar-refractivity contribution in [2.24, 2.45) is 28.8 Å². The summed E-state index contributed by atoms with van der Waals surface area (Å²) in [7, 11) is 0. The number of aliphatic hydroxyl groups excluding tert-OH is 2. The molecule has 1 heterocycles. The van der Waals surface area contributed by atoms with Gasteiger partial charge in [0.1, 0.15) is 29.0 Å². The molecule has 2 saturated carbocycles. The van der Waals surface area contributed by atoms with Crippen molar-refractivity contribution in [1.29, 1.82) is 0 Å². The van der Waals surface area contributed by atoms with Gasteiger partial charge in [-0.2, -0.15) is 0 Å². The number of aliphatic hydroxyl groups is 2. The quantitative estimate of drug-likeness (QED) is 0.0681. The number of rotatable bonds is 20. The minimum Gasteiger partial charge on any atom is -0.459 e. The second kappa shape index (κ2) is 21.2. The third kappa shape index (κ3) is 11.2. The number of hydrogen-bond donors (Lipinski definition) is 3. The molecule has 0 radical (unpaired) electrons. The number of hydrogen-bond acceptors (Lipinski definition) is 9. The molecule has 0 aromatic heterocycles. The first-order valence-corrected chi connectivity index (χ1v) is 22.7. The Morgan fingerprint density at radius 2 is 1.75 bits per heavy atom. The molecule has 6 unspecified atom stereocenters. The average Bonchev–Trinajstić information content (AvgIpc) is 3.76. The van der Waals surface area contributed by atoms with Crippen molar-refractivity contribution >= 4 is 17.7 Å². The number of carbonyl (C=O) groups excluding carboxylic acids is 2. The van der Waals surface area contributed by atoms with Gasteiger partial charge >= 0.3 is 6.09 Å². The summed E-state index contributed by atoms with van der Waals surface area (Å²) in [6, 6.07) is 11.0. The van der Waals surface area contributed by atoms with Gasteiger partial charge in [-0.3, -0.25) is 4.79 Å². The molecule has 2 aromatic carbocycles. The zero-order valence-electron chi connectivity index (χ0n) is 36.7. The summed E-state index contributed by atoms with van der Waals surface area (Å²) >= 11 is 0. The van der Waals surface area contributed by atoms with Crippen LogP contribution in [-0.4, -0.2) is 76.6 Å². The molecule has 0 saturated heterocycles. The Kier molecular flexibility index (Phi) is 16.1. The number of unbranched alkanes of at least 4 members (excludes halogenated alkanes) is 2. The lowest BCUT2D eigenvalue weighted by atomic mass is 9.55. The van der Waals surface area contributed by atoms with Gasteiger partial charge in [0.05, 0.1) is 18.2 Å². The summed E-state index contributed by atoms with van der Waals surface area (Å²) in [6.45, 7) is 12.6. The summed E-state index contributed by atoms with van der Waals surface area (Å²) in [5, 5.41) is 27.5. The Bertz CT molecular complexity index is 1850. The molecule has 1 aliphatic heterocycles. The highest BCUT2D eigenvalue weighted by Gasteiger charge is 2.65. The van der Waals surface area contributed by atoms with Gasteiger partial charge in [0, 0.05) is 50.6 Å². The fourth-order valence-corrected chi connectivity index (χ4v) is 10.1. The third-order valence-corrected chi connectivity index (χ3v) is 12.8. The first-order chi connectivity index (χ1) is 29.4. The van der Waals surface area contributed by atoms with Crippen molar-refractivity contribution in [1.82, 2.24) is 10.2 Å². The van der Waals surface area contributed by atoms with Gasteiger partial charge in [0.25, 0.3) is 0 Å². The number of fused-ring (bicyclic) bond motifs is 2. The summed E-state index contributed by atoms with van der Waals surface area (Å²) in [5.74, 6) is -1.20. The number of ether oxygens (including phenoxy) is 3. The molecule has 12 heteroatoms. The number of carbonyl (C=O) groups is 2. The average molecular weight is 846 g/mol. The van der Waals surface area contributed by atoms with Crippen LogP contribution < -0.4 is 14.8 Å². The van der Waals surface area contributed by atoms with Crippen LogP contribution in [0.3, 0.4) is 0 Å². The van der Waals surface area contributed by atoms with E-state index in [0.29, 0.717) is 48.9 Å². The number of nitrogens with one attached hydrogen (secondary N) is 1. The van der Waals surface area contributed by atoms with E-state index in [-0.39, 0.29) is 62.3 Å². The molecule has 6 rings (SSSR count). The fraction of sp³-hybridized carbons (Fsp3) is 0.612. The Morgan fingerprint density at radius 3 is 2.43 bits per heavy atom. The van der Waals surface area contributed by atoms with E-state index in [1.165, 1.54) is 25.0 Å². The second-order valence-electron chi connectivity index (χ2n) is 18.2. The molecule has 2 fully saturated rings. The van der Waals surface area contributed by atoms with Crippen LogP contribution in [0.4, 0.5) is 9.18 Å². The monoisotopic (exact) mass is 845 g/mol. The normalized spacial score (nSPS) is 25.2. The maximum atomic E-state index is 15.1. The highest BCUT2D eigenvalue weighted by molar-refractivity contribution is 6.03. The van der Waals surface area contributed by atoms with E-state index in [9.17, 15) is 19.4 Å². The maximum absolute atomic E-state index is 15.1. The standard InChI is InChI=1S/C49H68FN3O8/c1-6-28-58-49-43(53(32-34-18-21-36(50)22-19-34)44(56)25-20-33-14-8-9-15-33)31-41(52-61-48(3,4)5)39-29-35(16-10-12-26-54)38(17-11-13-27-55)45(46(39)49)40-30-37(23-24-42(40)60-49)59-47(57)51-7-2/h6,18-19,21-24,29-30,33,35,38,43,45-46,54-55H,1,7-17,20,25-28,31-32H2,2-5H3,(H,51,57). The van der Waals surface area contributed by atoms with Crippen LogP contribution in [0, 0.1) is 29.5 Å². The zero-order chi connectivity index (χ0) is 43.6. The largest absolute Gasteiger partial charge is 0.459 e. The number of benzene rings is 2. The zero-order valence-corrected chi connectivity index (χ0v) is 36.7. The molecule has 3 N–H and O–H groups in total. The van der Waals surface area contributed by atoms with Crippen LogP contribution in [0.25, 0.3) is 0 Å². The van der Waals surface area contributed by atoms with E-state index in [4.69, 9.17) is 24.2 Å². The van der Waals surface area contributed by atoms with E-state index >= 15 is 4.79 Å². The van der Waals surface area contributed by atoms with Crippen LogP contribution in [-0.2, 0) is 20.9 Å². The summed E-state index contributed by atoms with van der Waals surface area (Å²) in [5.41, 5.74) is 2.62. The number of halogens is 1. The van der Waals surface area contributed by atoms with Crippen LogP contribution in [0.5, 0.6) is 11.5 Å². The van der Waals surface area contributed by atoms with E-state index in [2.05, 4.69) is 18.0 Å². The van der Waals surface area contributed by atoms with Gasteiger partial charge in [-0.25, -0.2) is 9.18 Å². The van der Waals surface area contributed by atoms with Gasteiger partial charge in [-0.1, -0.05) is 68.0 Å².